The molecule has 2 amide bonds. The van der Waals surface area contributed by atoms with Gasteiger partial charge in [-0.1, -0.05) is 12.3 Å². The Kier molecular flexibility index (Phi) is 7.57. The van der Waals surface area contributed by atoms with Gasteiger partial charge in [-0.15, -0.1) is 5.92 Å². The number of rotatable bonds is 7. The molecule has 0 saturated carbocycles. The van der Waals surface area contributed by atoms with Crippen LogP contribution in [0.1, 0.15) is 56.2 Å². The summed E-state index contributed by atoms with van der Waals surface area (Å²) in [5.41, 5.74) is 3.45. The number of nitriles is 1. The van der Waals surface area contributed by atoms with Crippen LogP contribution in [0.15, 0.2) is 36.0 Å². The van der Waals surface area contributed by atoms with E-state index in [0.717, 1.165) is 25.5 Å². The summed E-state index contributed by atoms with van der Waals surface area (Å²) in [5, 5.41) is 23.1. The minimum atomic E-state index is -0.400. The second-order valence-corrected chi connectivity index (χ2v) is 9.78. The summed E-state index contributed by atoms with van der Waals surface area (Å²) in [6.07, 6.45) is 7.05. The number of likely N-dealkylation sites (tertiary alicyclic amines) is 1. The average Bonchev–Trinajstić information content (AvgIpc) is 3.50. The van der Waals surface area contributed by atoms with Gasteiger partial charge in [0.15, 0.2) is 5.65 Å². The van der Waals surface area contributed by atoms with Crippen LogP contribution in [0.4, 0.5) is 17.3 Å². The zero-order valence-electron chi connectivity index (χ0n) is 22.0. The third-order valence-corrected chi connectivity index (χ3v) is 6.99. The van der Waals surface area contributed by atoms with E-state index in [1.807, 2.05) is 12.1 Å². The van der Waals surface area contributed by atoms with Gasteiger partial charge in [-0.05, 0) is 64.1 Å². The van der Waals surface area contributed by atoms with Crippen molar-refractivity contribution in [3.63, 3.8) is 0 Å². The summed E-state index contributed by atoms with van der Waals surface area (Å²) < 4.78 is 1.71. The highest BCUT2D eigenvalue weighted by Gasteiger charge is 2.25. The molecule has 0 bridgehead atoms. The normalized spacial score (nSPS) is 17.4. The molecule has 2 aliphatic rings. The van der Waals surface area contributed by atoms with E-state index < -0.39 is 5.91 Å². The van der Waals surface area contributed by atoms with Crippen LogP contribution in [0, 0.1) is 23.2 Å². The van der Waals surface area contributed by atoms with E-state index in [1.54, 1.807) is 35.8 Å². The van der Waals surface area contributed by atoms with E-state index in [4.69, 9.17) is 4.98 Å². The largest absolute Gasteiger partial charge is 0.368 e. The van der Waals surface area contributed by atoms with Crippen LogP contribution in [0.3, 0.4) is 0 Å². The van der Waals surface area contributed by atoms with Crippen LogP contribution in [0.5, 0.6) is 0 Å². The third-order valence-electron chi connectivity index (χ3n) is 6.99. The molecular formula is C29H30N8O2. The number of aromatic nitrogens is 3. The molecule has 39 heavy (non-hydrogen) atoms. The lowest BCUT2D eigenvalue weighted by Crippen LogP contribution is -2.41. The standard InChI is InChI=1S/C29H30N8O2/c1-3-7-21-12-20(16-30)8-9-24(21)33-25-15-26(31-17-19(2)36-10-5-4-6-11-36)37-28(34-25)23(18-32-37)13-22-14-27(38)35-29(22)39/h8-9,12-13,15,18-19,31H,4-6,10-11,14,17H2,1-2H3,(H,33,34)(H,35,38,39)/b22-13+. The summed E-state index contributed by atoms with van der Waals surface area (Å²) in [6.45, 7) is 6.88. The lowest BCUT2D eigenvalue weighted by molar-refractivity contribution is -0.124. The van der Waals surface area contributed by atoms with Gasteiger partial charge >= 0.3 is 0 Å². The summed E-state index contributed by atoms with van der Waals surface area (Å²) in [5.74, 6) is 6.50. The first kappa shape index (κ1) is 26.0. The van der Waals surface area contributed by atoms with Crippen LogP contribution in [-0.4, -0.2) is 57.0 Å². The van der Waals surface area contributed by atoms with Gasteiger partial charge < -0.3 is 10.6 Å². The van der Waals surface area contributed by atoms with E-state index in [9.17, 15) is 14.9 Å². The maximum Gasteiger partial charge on any atom is 0.254 e. The highest BCUT2D eigenvalue weighted by molar-refractivity contribution is 6.15. The number of nitrogens with one attached hydrogen (secondary N) is 3. The van der Waals surface area contributed by atoms with Gasteiger partial charge in [-0.25, -0.2) is 4.98 Å². The smallest absolute Gasteiger partial charge is 0.254 e. The predicted octanol–water partition coefficient (Wildman–Crippen LogP) is 3.43. The molecule has 2 aromatic heterocycles. The Morgan fingerprint density at radius 3 is 2.74 bits per heavy atom. The number of hydrogen-bond acceptors (Lipinski definition) is 8. The topological polar surface area (TPSA) is 127 Å². The monoisotopic (exact) mass is 522 g/mol. The number of carbonyl (C=O) groups excluding carboxylic acids is 2. The first-order valence-electron chi connectivity index (χ1n) is 13.1. The Morgan fingerprint density at radius 1 is 1.21 bits per heavy atom. The van der Waals surface area contributed by atoms with Crippen molar-refractivity contribution in [3.8, 4) is 17.9 Å². The molecule has 2 saturated heterocycles. The number of anilines is 3. The van der Waals surface area contributed by atoms with Crippen LogP contribution in [0.2, 0.25) is 0 Å². The highest BCUT2D eigenvalue weighted by atomic mass is 16.2. The second kappa shape index (κ2) is 11.4. The number of benzene rings is 1. The van der Waals surface area contributed by atoms with Gasteiger partial charge in [0.25, 0.3) is 5.91 Å². The van der Waals surface area contributed by atoms with Gasteiger partial charge in [-0.2, -0.15) is 14.9 Å². The molecule has 4 heterocycles. The highest BCUT2D eigenvalue weighted by Crippen LogP contribution is 2.26. The van der Waals surface area contributed by atoms with Gasteiger partial charge in [0.2, 0.25) is 5.91 Å². The van der Waals surface area contributed by atoms with Gasteiger partial charge in [0, 0.05) is 35.4 Å². The molecule has 0 spiro atoms. The first-order valence-corrected chi connectivity index (χ1v) is 13.1. The fourth-order valence-corrected chi connectivity index (χ4v) is 4.92. The SMILES string of the molecule is CC#Cc1cc(C#N)ccc1Nc1cc(NCC(C)N2CCCCC2)n2ncc(/C=C3\CC(=O)NC3=O)c2n1. The molecule has 3 aromatic rings. The molecule has 3 N–H and O–H groups in total. The third kappa shape index (κ3) is 5.77. The molecule has 1 unspecified atom stereocenters. The number of fused-ring (bicyclic) bond motifs is 1. The number of piperidine rings is 1. The van der Waals surface area contributed by atoms with Crippen molar-refractivity contribution in [2.75, 3.05) is 30.3 Å². The van der Waals surface area contributed by atoms with Crippen molar-refractivity contribution in [2.45, 2.75) is 45.6 Å². The quantitative estimate of drug-likeness (QED) is 0.245. The number of carbonyl (C=O) groups is 2. The lowest BCUT2D eigenvalue weighted by Gasteiger charge is -2.32. The summed E-state index contributed by atoms with van der Waals surface area (Å²) in [4.78, 5) is 31.2. The Bertz CT molecular complexity index is 1560. The van der Waals surface area contributed by atoms with E-state index in [0.29, 0.717) is 45.5 Å². The summed E-state index contributed by atoms with van der Waals surface area (Å²) >= 11 is 0. The van der Waals surface area contributed by atoms with Crippen molar-refractivity contribution in [2.24, 2.45) is 0 Å². The Labute approximate surface area is 227 Å². The number of hydrogen-bond donors (Lipinski definition) is 3. The molecule has 198 valence electrons. The van der Waals surface area contributed by atoms with E-state index in [1.165, 1.54) is 19.3 Å². The lowest BCUT2D eigenvalue weighted by atomic mass is 10.1. The van der Waals surface area contributed by atoms with Crippen LogP contribution < -0.4 is 16.0 Å². The van der Waals surface area contributed by atoms with Crippen molar-refractivity contribution in [3.05, 3.63) is 52.7 Å². The van der Waals surface area contributed by atoms with Gasteiger partial charge in [0.05, 0.1) is 29.9 Å². The second-order valence-electron chi connectivity index (χ2n) is 9.78. The van der Waals surface area contributed by atoms with Gasteiger partial charge in [0.1, 0.15) is 11.6 Å². The van der Waals surface area contributed by atoms with Crippen molar-refractivity contribution >= 4 is 40.9 Å². The summed E-state index contributed by atoms with van der Waals surface area (Å²) in [6, 6.07) is 9.64. The van der Waals surface area contributed by atoms with Crippen molar-refractivity contribution in [1.82, 2.24) is 24.8 Å². The molecule has 1 aromatic carbocycles. The minimum Gasteiger partial charge on any atom is -0.368 e. The van der Waals surface area contributed by atoms with Crippen LogP contribution in [-0.2, 0) is 9.59 Å². The maximum absolute atomic E-state index is 12.2. The number of nitrogens with zero attached hydrogens (tertiary/aromatic N) is 5. The summed E-state index contributed by atoms with van der Waals surface area (Å²) in [7, 11) is 0. The fourth-order valence-electron chi connectivity index (χ4n) is 4.92. The number of imide groups is 1. The zero-order chi connectivity index (χ0) is 27.4. The average molecular weight is 523 g/mol. The van der Waals surface area contributed by atoms with Crippen molar-refractivity contribution in [1.29, 1.82) is 5.26 Å². The Morgan fingerprint density at radius 2 is 2.03 bits per heavy atom. The molecule has 10 nitrogen and oxygen atoms in total. The van der Waals surface area contributed by atoms with Crippen LogP contribution >= 0.6 is 0 Å². The molecule has 1 atom stereocenters. The Hall–Kier alpha value is -4.67. The first-order chi connectivity index (χ1) is 18.9. The zero-order valence-corrected chi connectivity index (χ0v) is 22.0. The molecule has 2 fully saturated rings. The van der Waals surface area contributed by atoms with Gasteiger partial charge in [-0.3, -0.25) is 19.8 Å². The van der Waals surface area contributed by atoms with Crippen LogP contribution in [0.25, 0.3) is 11.7 Å². The molecule has 5 rings (SSSR count). The van der Waals surface area contributed by atoms with E-state index >= 15 is 0 Å². The molecule has 0 radical (unpaired) electrons. The maximum atomic E-state index is 12.2. The molecular weight excluding hydrogens is 492 g/mol. The molecule has 0 aliphatic carbocycles. The van der Waals surface area contributed by atoms with E-state index in [2.05, 4.69) is 50.8 Å². The van der Waals surface area contributed by atoms with E-state index in [-0.39, 0.29) is 12.3 Å². The number of amides is 2. The Balaban J connectivity index is 1.52. The molecule has 2 aliphatic heterocycles. The molecule has 10 heteroatoms. The minimum absolute atomic E-state index is 0.0247. The fraction of sp³-hybridized carbons (Fsp3) is 0.345. The van der Waals surface area contributed by atoms with Crippen molar-refractivity contribution < 1.29 is 9.59 Å². The predicted molar refractivity (Wildman–Crippen MR) is 149 cm³/mol.